The molecule has 0 saturated heterocycles. The van der Waals surface area contributed by atoms with E-state index in [0.717, 1.165) is 0 Å². The van der Waals surface area contributed by atoms with Crippen molar-refractivity contribution in [2.75, 3.05) is 20.6 Å². The molecule has 0 atom stereocenters. The van der Waals surface area contributed by atoms with Gasteiger partial charge in [0.15, 0.2) is 0 Å². The van der Waals surface area contributed by atoms with Crippen molar-refractivity contribution >= 4 is 6.98 Å². The van der Waals surface area contributed by atoms with Gasteiger partial charge in [-0.05, 0) is 20.6 Å². The zero-order valence-corrected chi connectivity index (χ0v) is 6.07. The summed E-state index contributed by atoms with van der Waals surface area (Å²) in [5.74, 6) is 0. The third kappa shape index (κ3) is 3.56. The van der Waals surface area contributed by atoms with Crippen molar-refractivity contribution in [2.45, 2.75) is 0 Å². The van der Waals surface area contributed by atoms with Crippen LogP contribution >= 0.6 is 0 Å². The molecule has 0 aliphatic heterocycles. The molecule has 60 valence electrons. The third-order valence-corrected chi connectivity index (χ3v) is 0.982. The fraction of sp³-hybridized carbons (Fsp3) is 0.600. The normalized spacial score (nSPS) is 12.2. The molecule has 0 aromatic heterocycles. The summed E-state index contributed by atoms with van der Waals surface area (Å²) >= 11 is 0. The number of hydrogen-bond donors (Lipinski definition) is 0. The standard InChI is InChI=1S/C5H10BF3N/c1-5(4-10(2)3)6(7,8)9/h1,4H2,2-3H3/q-1. The van der Waals surface area contributed by atoms with Crippen LogP contribution in [0.15, 0.2) is 12.1 Å². The average Bonchev–Trinajstić information content (AvgIpc) is 1.60. The van der Waals surface area contributed by atoms with Gasteiger partial charge in [0.1, 0.15) is 0 Å². The Morgan fingerprint density at radius 2 is 1.80 bits per heavy atom. The molecule has 0 aliphatic rings. The molecule has 0 bridgehead atoms. The van der Waals surface area contributed by atoms with Crippen LogP contribution in [0, 0.1) is 0 Å². The summed E-state index contributed by atoms with van der Waals surface area (Å²) in [6.07, 6.45) is 0. The number of halogens is 3. The second kappa shape index (κ2) is 3.10. The minimum atomic E-state index is -4.84. The van der Waals surface area contributed by atoms with Gasteiger partial charge in [0.2, 0.25) is 0 Å². The van der Waals surface area contributed by atoms with Crippen molar-refractivity contribution in [3.8, 4) is 0 Å². The molecule has 5 heteroatoms. The molecule has 0 spiro atoms. The zero-order chi connectivity index (χ0) is 8.36. The second-order valence-electron chi connectivity index (χ2n) is 2.47. The minimum absolute atomic E-state index is 0.108. The SMILES string of the molecule is C=C(CN(C)C)[B-](F)(F)F. The van der Waals surface area contributed by atoms with E-state index in [-0.39, 0.29) is 6.54 Å². The average molecular weight is 152 g/mol. The lowest BCUT2D eigenvalue weighted by Gasteiger charge is -2.20. The van der Waals surface area contributed by atoms with Crippen LogP contribution in [-0.4, -0.2) is 32.5 Å². The van der Waals surface area contributed by atoms with Crippen LogP contribution in [0.2, 0.25) is 0 Å². The Morgan fingerprint density at radius 1 is 1.40 bits per heavy atom. The summed E-state index contributed by atoms with van der Waals surface area (Å²) in [4.78, 5) is 1.44. The largest absolute Gasteiger partial charge is 0.506 e. The van der Waals surface area contributed by atoms with Crippen molar-refractivity contribution < 1.29 is 12.9 Å². The fourth-order valence-corrected chi connectivity index (χ4v) is 0.510. The van der Waals surface area contributed by atoms with Crippen LogP contribution < -0.4 is 0 Å². The molecular weight excluding hydrogens is 142 g/mol. The number of rotatable bonds is 3. The Kier molecular flexibility index (Phi) is 2.96. The molecule has 0 rings (SSSR count). The van der Waals surface area contributed by atoms with Crippen LogP contribution in [0.25, 0.3) is 0 Å². The fourth-order valence-electron chi connectivity index (χ4n) is 0.510. The first-order valence-electron chi connectivity index (χ1n) is 2.86. The first-order chi connectivity index (χ1) is 4.34. The molecule has 0 saturated carbocycles. The van der Waals surface area contributed by atoms with Gasteiger partial charge in [-0.15, -0.1) is 12.1 Å². The van der Waals surface area contributed by atoms with E-state index in [4.69, 9.17) is 0 Å². The first-order valence-corrected chi connectivity index (χ1v) is 2.86. The van der Waals surface area contributed by atoms with E-state index in [1.54, 1.807) is 14.1 Å². The van der Waals surface area contributed by atoms with E-state index < -0.39 is 12.4 Å². The molecule has 10 heavy (non-hydrogen) atoms. The lowest BCUT2D eigenvalue weighted by Crippen LogP contribution is -2.27. The quantitative estimate of drug-likeness (QED) is 0.553. The van der Waals surface area contributed by atoms with E-state index in [1.807, 2.05) is 0 Å². The Bertz CT molecular complexity index is 129. The van der Waals surface area contributed by atoms with Gasteiger partial charge in [0.05, 0.1) is 0 Å². The molecule has 0 amide bonds. The van der Waals surface area contributed by atoms with Gasteiger partial charge in [-0.25, -0.2) is 0 Å². The van der Waals surface area contributed by atoms with Gasteiger partial charge >= 0.3 is 6.98 Å². The molecule has 0 aliphatic carbocycles. The summed E-state index contributed by atoms with van der Waals surface area (Å²) in [7, 11) is 3.15. The van der Waals surface area contributed by atoms with Crippen LogP contribution in [0.1, 0.15) is 0 Å². The Labute approximate surface area is 58.6 Å². The van der Waals surface area contributed by atoms with Crippen molar-refractivity contribution in [1.29, 1.82) is 0 Å². The molecule has 0 heterocycles. The summed E-state index contributed by atoms with van der Waals surface area (Å²) < 4.78 is 35.2. The maximum Gasteiger partial charge on any atom is 0.506 e. The predicted molar refractivity (Wildman–Crippen MR) is 36.8 cm³/mol. The van der Waals surface area contributed by atoms with Crippen molar-refractivity contribution in [1.82, 2.24) is 4.90 Å². The minimum Gasteiger partial charge on any atom is -0.445 e. The Balaban J connectivity index is 3.87. The van der Waals surface area contributed by atoms with Gasteiger partial charge in [0.25, 0.3) is 0 Å². The highest BCUT2D eigenvalue weighted by Crippen LogP contribution is 2.17. The van der Waals surface area contributed by atoms with Crippen molar-refractivity contribution in [3.05, 3.63) is 12.1 Å². The number of nitrogens with zero attached hydrogens (tertiary/aromatic N) is 1. The van der Waals surface area contributed by atoms with Gasteiger partial charge in [0, 0.05) is 0 Å². The predicted octanol–water partition coefficient (Wildman–Crippen LogP) is 1.49. The molecule has 0 aromatic rings. The molecule has 0 unspecified atom stereocenters. The maximum atomic E-state index is 11.7. The maximum absolute atomic E-state index is 11.7. The molecule has 0 radical (unpaired) electrons. The number of hydrogen-bond acceptors (Lipinski definition) is 1. The van der Waals surface area contributed by atoms with E-state index >= 15 is 0 Å². The number of likely N-dealkylation sites (N-methyl/N-ethyl adjacent to an activating group) is 1. The van der Waals surface area contributed by atoms with E-state index in [1.165, 1.54) is 4.90 Å². The van der Waals surface area contributed by atoms with Crippen LogP contribution in [0.4, 0.5) is 12.9 Å². The van der Waals surface area contributed by atoms with Crippen molar-refractivity contribution in [3.63, 3.8) is 0 Å². The van der Waals surface area contributed by atoms with E-state index in [0.29, 0.717) is 0 Å². The highest BCUT2D eigenvalue weighted by molar-refractivity contribution is 6.66. The van der Waals surface area contributed by atoms with E-state index in [9.17, 15) is 12.9 Å². The van der Waals surface area contributed by atoms with Gasteiger partial charge in [-0.3, -0.25) is 0 Å². The summed E-state index contributed by atoms with van der Waals surface area (Å²) in [6, 6.07) is 0. The molecule has 0 N–H and O–H groups in total. The van der Waals surface area contributed by atoms with Crippen LogP contribution in [0.5, 0.6) is 0 Å². The first kappa shape index (κ1) is 9.55. The highest BCUT2D eigenvalue weighted by atomic mass is 19.4. The topological polar surface area (TPSA) is 3.24 Å². The smallest absolute Gasteiger partial charge is 0.445 e. The summed E-state index contributed by atoms with van der Waals surface area (Å²) in [5.41, 5.74) is -0.648. The van der Waals surface area contributed by atoms with Gasteiger partial charge < -0.3 is 17.8 Å². The van der Waals surface area contributed by atoms with Gasteiger partial charge in [-0.1, -0.05) is 0 Å². The van der Waals surface area contributed by atoms with Crippen LogP contribution in [0.3, 0.4) is 0 Å². The zero-order valence-electron chi connectivity index (χ0n) is 6.07. The third-order valence-electron chi connectivity index (χ3n) is 0.982. The van der Waals surface area contributed by atoms with Crippen molar-refractivity contribution in [2.24, 2.45) is 0 Å². The molecule has 0 fully saturated rings. The van der Waals surface area contributed by atoms with Crippen LogP contribution in [-0.2, 0) is 0 Å². The van der Waals surface area contributed by atoms with Gasteiger partial charge in [-0.2, -0.15) is 0 Å². The highest BCUT2D eigenvalue weighted by Gasteiger charge is 2.26. The molecular formula is C5H10BF3N-. The molecule has 1 nitrogen and oxygen atoms in total. The molecule has 0 aromatic carbocycles. The second-order valence-corrected chi connectivity index (χ2v) is 2.47. The lowest BCUT2D eigenvalue weighted by atomic mass is 9.80. The lowest BCUT2D eigenvalue weighted by molar-refractivity contribution is 0.424. The summed E-state index contributed by atoms with van der Waals surface area (Å²) in [6.45, 7) is -2.02. The monoisotopic (exact) mass is 152 g/mol. The van der Waals surface area contributed by atoms with E-state index in [2.05, 4.69) is 6.58 Å². The Hall–Kier alpha value is -0.445. The summed E-state index contributed by atoms with van der Waals surface area (Å²) in [5, 5.41) is 0. The Morgan fingerprint density at radius 3 is 1.90 bits per heavy atom.